The molecule has 19 heavy (non-hydrogen) atoms. The third-order valence-corrected chi connectivity index (χ3v) is 4.33. The first-order valence-electron chi connectivity index (χ1n) is 7.33. The van der Waals surface area contributed by atoms with E-state index in [0.717, 1.165) is 25.3 Å². The van der Waals surface area contributed by atoms with E-state index in [0.29, 0.717) is 10.8 Å². The second kappa shape index (κ2) is 7.95. The predicted molar refractivity (Wildman–Crippen MR) is 85.9 cm³/mol. The van der Waals surface area contributed by atoms with Crippen LogP contribution in [0.3, 0.4) is 0 Å². The molecule has 0 radical (unpaired) electrons. The first-order valence-corrected chi connectivity index (χ1v) is 8.31. The minimum absolute atomic E-state index is 0.333. The highest BCUT2D eigenvalue weighted by atomic mass is 32.2. The van der Waals surface area contributed by atoms with Crippen molar-refractivity contribution >= 4 is 11.8 Å². The molecule has 110 valence electrons. The molecule has 0 fully saturated rings. The predicted octanol–water partition coefficient (Wildman–Crippen LogP) is 3.35. The van der Waals surface area contributed by atoms with Crippen LogP contribution in [0.25, 0.3) is 0 Å². The number of hydrogen-bond donors (Lipinski definition) is 1. The van der Waals surface area contributed by atoms with E-state index in [2.05, 4.69) is 51.2 Å². The van der Waals surface area contributed by atoms with Crippen LogP contribution in [-0.4, -0.2) is 32.9 Å². The molecule has 1 heterocycles. The van der Waals surface area contributed by atoms with Crippen LogP contribution in [0.5, 0.6) is 0 Å². The summed E-state index contributed by atoms with van der Waals surface area (Å²) in [4.78, 5) is 0. The average Bonchev–Trinajstić information content (AvgIpc) is 2.79. The highest BCUT2D eigenvalue weighted by molar-refractivity contribution is 8.00. The van der Waals surface area contributed by atoms with Gasteiger partial charge in [0.15, 0.2) is 0 Å². The van der Waals surface area contributed by atoms with Gasteiger partial charge in [-0.15, -0.1) is 0 Å². The highest BCUT2D eigenvalue weighted by Gasteiger charge is 2.16. The fourth-order valence-electron chi connectivity index (χ4n) is 1.86. The molecule has 1 N–H and O–H groups in total. The normalized spacial score (nSPS) is 13.7. The van der Waals surface area contributed by atoms with Gasteiger partial charge in [-0.1, -0.05) is 27.7 Å². The number of nitrogens with zero attached hydrogens (tertiary/aromatic N) is 2. The molecule has 0 saturated heterocycles. The first-order chi connectivity index (χ1) is 8.94. The van der Waals surface area contributed by atoms with Crippen molar-refractivity contribution < 1.29 is 0 Å². The van der Waals surface area contributed by atoms with E-state index in [1.54, 1.807) is 0 Å². The second-order valence-electron chi connectivity index (χ2n) is 5.98. The Morgan fingerprint density at radius 3 is 2.63 bits per heavy atom. The summed E-state index contributed by atoms with van der Waals surface area (Å²) in [6, 6.07) is 0.540. The lowest BCUT2D eigenvalue weighted by Gasteiger charge is -2.23. The number of rotatable bonds is 8. The van der Waals surface area contributed by atoms with Gasteiger partial charge < -0.3 is 5.32 Å². The van der Waals surface area contributed by atoms with Crippen LogP contribution in [0, 0.1) is 0 Å². The van der Waals surface area contributed by atoms with E-state index in [4.69, 9.17) is 0 Å². The zero-order valence-electron chi connectivity index (χ0n) is 13.1. The summed E-state index contributed by atoms with van der Waals surface area (Å²) in [5, 5.41) is 8.02. The largest absolute Gasteiger partial charge is 0.313 e. The standard InChI is InChI=1S/C15H29N3S/c1-6-8-16-14(12-19-15(3,4)5)9-13-10-17-18(7-2)11-13/h10-11,14,16H,6-9,12H2,1-5H3. The number of aromatic nitrogens is 2. The molecular formula is C15H29N3S. The summed E-state index contributed by atoms with van der Waals surface area (Å²) in [5.74, 6) is 1.15. The molecule has 0 aliphatic heterocycles. The molecule has 4 heteroatoms. The van der Waals surface area contributed by atoms with Crippen molar-refractivity contribution in [2.24, 2.45) is 0 Å². The molecule has 0 bridgehead atoms. The molecule has 0 aliphatic rings. The topological polar surface area (TPSA) is 29.9 Å². The summed E-state index contributed by atoms with van der Waals surface area (Å²) in [5.41, 5.74) is 1.34. The van der Waals surface area contributed by atoms with Gasteiger partial charge >= 0.3 is 0 Å². The quantitative estimate of drug-likeness (QED) is 0.793. The smallest absolute Gasteiger partial charge is 0.0522 e. The van der Waals surface area contributed by atoms with Crippen molar-refractivity contribution in [2.45, 2.75) is 64.8 Å². The third kappa shape index (κ3) is 7.02. The van der Waals surface area contributed by atoms with E-state index in [9.17, 15) is 0 Å². The lowest BCUT2D eigenvalue weighted by Crippen LogP contribution is -2.35. The second-order valence-corrected chi connectivity index (χ2v) is 7.83. The van der Waals surface area contributed by atoms with Crippen molar-refractivity contribution in [3.05, 3.63) is 18.0 Å². The summed E-state index contributed by atoms with van der Waals surface area (Å²) in [6.45, 7) is 13.2. The van der Waals surface area contributed by atoms with E-state index in [1.807, 2.05) is 22.6 Å². The Bertz CT molecular complexity index is 355. The maximum Gasteiger partial charge on any atom is 0.0522 e. The Morgan fingerprint density at radius 1 is 1.37 bits per heavy atom. The summed E-state index contributed by atoms with van der Waals surface area (Å²) in [7, 11) is 0. The zero-order chi connectivity index (χ0) is 14.3. The maximum atomic E-state index is 4.36. The number of aryl methyl sites for hydroxylation is 1. The van der Waals surface area contributed by atoms with Crippen molar-refractivity contribution in [3.63, 3.8) is 0 Å². The Morgan fingerprint density at radius 2 is 2.11 bits per heavy atom. The number of nitrogens with one attached hydrogen (secondary N) is 1. The lowest BCUT2D eigenvalue weighted by atomic mass is 10.1. The molecule has 0 aromatic carbocycles. The molecule has 1 unspecified atom stereocenters. The highest BCUT2D eigenvalue weighted by Crippen LogP contribution is 2.24. The zero-order valence-corrected chi connectivity index (χ0v) is 13.9. The van der Waals surface area contributed by atoms with Crippen LogP contribution < -0.4 is 5.32 Å². The molecule has 0 saturated carbocycles. The summed E-state index contributed by atoms with van der Waals surface area (Å²) in [6.07, 6.45) is 6.43. The monoisotopic (exact) mass is 283 g/mol. The average molecular weight is 283 g/mol. The lowest BCUT2D eigenvalue weighted by molar-refractivity contribution is 0.548. The fourth-order valence-corrected chi connectivity index (χ4v) is 2.80. The van der Waals surface area contributed by atoms with Crippen molar-refractivity contribution in [1.82, 2.24) is 15.1 Å². The van der Waals surface area contributed by atoms with Gasteiger partial charge in [-0.2, -0.15) is 16.9 Å². The van der Waals surface area contributed by atoms with Crippen LogP contribution in [-0.2, 0) is 13.0 Å². The van der Waals surface area contributed by atoms with E-state index in [1.165, 1.54) is 12.0 Å². The Hall–Kier alpha value is -0.480. The van der Waals surface area contributed by atoms with Crippen LogP contribution in [0.2, 0.25) is 0 Å². The Balaban J connectivity index is 2.52. The van der Waals surface area contributed by atoms with Gasteiger partial charge in [0.1, 0.15) is 0 Å². The van der Waals surface area contributed by atoms with Gasteiger partial charge in [-0.3, -0.25) is 4.68 Å². The van der Waals surface area contributed by atoms with Crippen LogP contribution in [0.1, 0.15) is 46.6 Å². The molecule has 1 aromatic heterocycles. The summed E-state index contributed by atoms with van der Waals surface area (Å²) >= 11 is 2.03. The maximum absolute atomic E-state index is 4.36. The van der Waals surface area contributed by atoms with Crippen LogP contribution in [0.4, 0.5) is 0 Å². The number of hydrogen-bond acceptors (Lipinski definition) is 3. The van der Waals surface area contributed by atoms with Gasteiger partial charge in [0.2, 0.25) is 0 Å². The molecular weight excluding hydrogens is 254 g/mol. The Kier molecular flexibility index (Phi) is 6.94. The molecule has 3 nitrogen and oxygen atoms in total. The Labute approximate surface area is 122 Å². The number of thioether (sulfide) groups is 1. The first kappa shape index (κ1) is 16.6. The SMILES string of the molecule is CCCNC(CSC(C)(C)C)Cc1cnn(CC)c1. The molecule has 1 rings (SSSR count). The van der Waals surface area contributed by atoms with Crippen LogP contribution >= 0.6 is 11.8 Å². The summed E-state index contributed by atoms with van der Waals surface area (Å²) < 4.78 is 2.34. The van der Waals surface area contributed by atoms with Gasteiger partial charge in [0.25, 0.3) is 0 Å². The van der Waals surface area contributed by atoms with Crippen LogP contribution in [0.15, 0.2) is 12.4 Å². The van der Waals surface area contributed by atoms with Gasteiger partial charge in [0.05, 0.1) is 6.20 Å². The minimum atomic E-state index is 0.333. The van der Waals surface area contributed by atoms with E-state index < -0.39 is 0 Å². The van der Waals surface area contributed by atoms with Crippen molar-refractivity contribution in [1.29, 1.82) is 0 Å². The van der Waals surface area contributed by atoms with Gasteiger partial charge in [-0.25, -0.2) is 0 Å². The van der Waals surface area contributed by atoms with Gasteiger partial charge in [0, 0.05) is 29.3 Å². The minimum Gasteiger partial charge on any atom is -0.313 e. The van der Waals surface area contributed by atoms with Crippen molar-refractivity contribution in [2.75, 3.05) is 12.3 Å². The van der Waals surface area contributed by atoms with E-state index >= 15 is 0 Å². The molecule has 1 aromatic rings. The van der Waals surface area contributed by atoms with Crippen molar-refractivity contribution in [3.8, 4) is 0 Å². The molecule has 0 amide bonds. The third-order valence-electron chi connectivity index (χ3n) is 2.89. The van der Waals surface area contributed by atoms with E-state index in [-0.39, 0.29) is 0 Å². The molecule has 0 spiro atoms. The molecule has 0 aliphatic carbocycles. The fraction of sp³-hybridized carbons (Fsp3) is 0.800. The van der Waals surface area contributed by atoms with Gasteiger partial charge in [-0.05, 0) is 31.9 Å². The molecule has 1 atom stereocenters.